The molecule has 0 saturated carbocycles. The molecule has 0 radical (unpaired) electrons. The maximum absolute atomic E-state index is 13.2. The van der Waals surface area contributed by atoms with Gasteiger partial charge in [-0.05, 0) is 48.7 Å². The van der Waals surface area contributed by atoms with Gasteiger partial charge in [-0.2, -0.15) is 0 Å². The lowest BCUT2D eigenvalue weighted by Crippen LogP contribution is -2.13. The number of carbonyl (C=O) groups is 2. The zero-order chi connectivity index (χ0) is 24.9. The van der Waals surface area contributed by atoms with Gasteiger partial charge in [0.25, 0.3) is 5.91 Å². The number of nitrogens with one attached hydrogen (secondary N) is 1. The van der Waals surface area contributed by atoms with Crippen LogP contribution in [0.3, 0.4) is 0 Å². The summed E-state index contributed by atoms with van der Waals surface area (Å²) in [5.74, 6) is -0.995. The highest BCUT2D eigenvalue weighted by Crippen LogP contribution is 2.40. The summed E-state index contributed by atoms with van der Waals surface area (Å²) >= 11 is 6.21. The molecule has 0 saturated heterocycles. The molecule has 0 aliphatic rings. The molecule has 4 N–H and O–H groups in total. The van der Waals surface area contributed by atoms with Crippen LogP contribution in [0.4, 0.5) is 17.1 Å². The molecule has 4 aromatic carbocycles. The lowest BCUT2D eigenvalue weighted by Gasteiger charge is -2.13. The van der Waals surface area contributed by atoms with E-state index in [-0.39, 0.29) is 33.3 Å². The molecule has 0 bridgehead atoms. The second kappa shape index (κ2) is 10.2. The number of hydrogen-bond donors (Lipinski definition) is 3. The summed E-state index contributed by atoms with van der Waals surface area (Å²) in [6.45, 7) is 2.28. The zero-order valence-electron chi connectivity index (χ0n) is 18.7. The Morgan fingerprint density at radius 1 is 1.03 bits per heavy atom. The second-order valence-electron chi connectivity index (χ2n) is 7.46. The third-order valence-corrected chi connectivity index (χ3v) is 5.47. The number of carbonyl (C=O) groups excluding carboxylic acids is 2. The molecule has 2 amide bonds. The minimum Gasteiger partial charge on any atom is -0.505 e. The zero-order valence-corrected chi connectivity index (χ0v) is 19.4. The molecule has 0 heterocycles. The number of azo groups is 1. The van der Waals surface area contributed by atoms with Gasteiger partial charge in [-0.3, -0.25) is 9.59 Å². The van der Waals surface area contributed by atoms with Gasteiger partial charge in [0.05, 0.1) is 22.9 Å². The predicted octanol–water partition coefficient (Wildman–Crippen LogP) is 6.36. The second-order valence-corrected chi connectivity index (χ2v) is 7.86. The number of phenols is 1. The number of halogens is 1. The number of primary amides is 1. The average molecular weight is 489 g/mol. The van der Waals surface area contributed by atoms with E-state index in [0.29, 0.717) is 28.8 Å². The molecule has 35 heavy (non-hydrogen) atoms. The Hall–Kier alpha value is -4.43. The van der Waals surface area contributed by atoms with Crippen molar-refractivity contribution in [2.24, 2.45) is 16.0 Å². The summed E-state index contributed by atoms with van der Waals surface area (Å²) in [6, 6.07) is 20.1. The Labute approximate surface area is 206 Å². The SMILES string of the molecule is CCOc1ccccc1NC(=O)c1cc2ccccc2c(N=Nc2ccc(C(N)=O)cc2Cl)c1O. The van der Waals surface area contributed by atoms with Gasteiger partial charge in [-0.15, -0.1) is 10.2 Å². The van der Waals surface area contributed by atoms with Gasteiger partial charge in [0.15, 0.2) is 5.75 Å². The summed E-state index contributed by atoms with van der Waals surface area (Å²) in [6.07, 6.45) is 0. The fourth-order valence-electron chi connectivity index (χ4n) is 3.48. The van der Waals surface area contributed by atoms with E-state index in [9.17, 15) is 14.7 Å². The van der Waals surface area contributed by atoms with E-state index in [1.165, 1.54) is 18.2 Å². The minimum atomic E-state index is -0.622. The molecule has 0 fully saturated rings. The monoisotopic (exact) mass is 488 g/mol. The molecular weight excluding hydrogens is 468 g/mol. The molecule has 0 spiro atoms. The van der Waals surface area contributed by atoms with Gasteiger partial charge in [-0.25, -0.2) is 0 Å². The summed E-state index contributed by atoms with van der Waals surface area (Å²) < 4.78 is 5.57. The van der Waals surface area contributed by atoms with Crippen LogP contribution in [0.15, 0.2) is 83.0 Å². The lowest BCUT2D eigenvalue weighted by atomic mass is 10.0. The average Bonchev–Trinajstić information content (AvgIpc) is 2.85. The Morgan fingerprint density at radius 3 is 2.51 bits per heavy atom. The van der Waals surface area contributed by atoms with Crippen molar-refractivity contribution in [3.8, 4) is 11.5 Å². The number of fused-ring (bicyclic) bond motifs is 1. The lowest BCUT2D eigenvalue weighted by molar-refractivity contribution is 0.0997. The Kier molecular flexibility index (Phi) is 6.93. The van der Waals surface area contributed by atoms with Gasteiger partial charge < -0.3 is 20.9 Å². The fraction of sp³-hybridized carbons (Fsp3) is 0.0769. The van der Waals surface area contributed by atoms with Crippen molar-refractivity contribution in [3.63, 3.8) is 0 Å². The van der Waals surface area contributed by atoms with E-state index in [4.69, 9.17) is 22.1 Å². The van der Waals surface area contributed by atoms with Crippen molar-refractivity contribution in [1.82, 2.24) is 0 Å². The molecule has 4 aromatic rings. The van der Waals surface area contributed by atoms with E-state index >= 15 is 0 Å². The maximum atomic E-state index is 13.2. The third kappa shape index (κ3) is 5.07. The summed E-state index contributed by atoms with van der Waals surface area (Å²) in [5.41, 5.74) is 6.35. The van der Waals surface area contributed by atoms with Gasteiger partial charge in [-0.1, -0.05) is 48.0 Å². The molecule has 8 nitrogen and oxygen atoms in total. The van der Waals surface area contributed by atoms with Crippen LogP contribution in [0.25, 0.3) is 10.8 Å². The first kappa shape index (κ1) is 23.7. The molecule has 0 atom stereocenters. The summed E-state index contributed by atoms with van der Waals surface area (Å²) in [7, 11) is 0. The largest absolute Gasteiger partial charge is 0.505 e. The Bertz CT molecular complexity index is 1470. The number of amides is 2. The van der Waals surface area contributed by atoms with Gasteiger partial charge in [0.1, 0.15) is 17.1 Å². The quantitative estimate of drug-likeness (QED) is 0.261. The molecule has 9 heteroatoms. The molecule has 0 aliphatic heterocycles. The molecule has 0 unspecified atom stereocenters. The number of para-hydroxylation sites is 2. The first-order valence-electron chi connectivity index (χ1n) is 10.7. The number of aromatic hydroxyl groups is 1. The van der Waals surface area contributed by atoms with Gasteiger partial charge in [0, 0.05) is 10.9 Å². The maximum Gasteiger partial charge on any atom is 0.259 e. The molecular formula is C26H21ClN4O4. The van der Waals surface area contributed by atoms with Gasteiger partial charge >= 0.3 is 0 Å². The van der Waals surface area contributed by atoms with E-state index in [2.05, 4.69) is 15.5 Å². The number of nitrogens with zero attached hydrogens (tertiary/aromatic N) is 2. The highest BCUT2D eigenvalue weighted by Gasteiger charge is 2.19. The molecule has 4 rings (SSSR count). The summed E-state index contributed by atoms with van der Waals surface area (Å²) in [4.78, 5) is 24.5. The molecule has 176 valence electrons. The third-order valence-electron chi connectivity index (χ3n) is 5.16. The van der Waals surface area contributed by atoms with Crippen LogP contribution in [0, 0.1) is 0 Å². The normalized spacial score (nSPS) is 11.0. The Morgan fingerprint density at radius 2 is 1.77 bits per heavy atom. The van der Waals surface area contributed by atoms with Crippen molar-refractivity contribution >= 4 is 51.2 Å². The van der Waals surface area contributed by atoms with Crippen LogP contribution in [0.1, 0.15) is 27.6 Å². The molecule has 0 aromatic heterocycles. The predicted molar refractivity (Wildman–Crippen MR) is 135 cm³/mol. The number of ether oxygens (including phenoxy) is 1. The van der Waals surface area contributed by atoms with Crippen molar-refractivity contribution in [2.75, 3.05) is 11.9 Å². The topological polar surface area (TPSA) is 126 Å². The van der Waals surface area contributed by atoms with Crippen LogP contribution in [-0.2, 0) is 0 Å². The Balaban J connectivity index is 1.75. The summed E-state index contributed by atoms with van der Waals surface area (Å²) in [5, 5.41) is 23.6. The van der Waals surface area contributed by atoms with Crippen LogP contribution < -0.4 is 15.8 Å². The molecule has 0 aliphatic carbocycles. The fourth-order valence-corrected chi connectivity index (χ4v) is 3.70. The van der Waals surface area contributed by atoms with Crippen LogP contribution in [-0.4, -0.2) is 23.5 Å². The van der Waals surface area contributed by atoms with Crippen LogP contribution in [0.5, 0.6) is 11.5 Å². The first-order valence-corrected chi connectivity index (χ1v) is 11.1. The van der Waals surface area contributed by atoms with E-state index in [1.54, 1.807) is 48.5 Å². The number of anilines is 1. The van der Waals surface area contributed by atoms with Gasteiger partial charge in [0.2, 0.25) is 5.91 Å². The highest BCUT2D eigenvalue weighted by molar-refractivity contribution is 6.33. The van der Waals surface area contributed by atoms with Crippen LogP contribution in [0.2, 0.25) is 5.02 Å². The number of rotatable bonds is 7. The van der Waals surface area contributed by atoms with Crippen molar-refractivity contribution in [1.29, 1.82) is 0 Å². The first-order chi connectivity index (χ1) is 16.9. The number of phenolic OH excluding ortho intramolecular Hbond substituents is 1. The number of nitrogens with two attached hydrogens (primary N) is 1. The number of hydrogen-bond acceptors (Lipinski definition) is 6. The van der Waals surface area contributed by atoms with Crippen molar-refractivity contribution < 1.29 is 19.4 Å². The minimum absolute atomic E-state index is 0.0131. The number of benzene rings is 4. The smallest absolute Gasteiger partial charge is 0.259 e. The van der Waals surface area contributed by atoms with Crippen LogP contribution >= 0.6 is 11.6 Å². The van der Waals surface area contributed by atoms with E-state index in [0.717, 1.165) is 0 Å². The van der Waals surface area contributed by atoms with Crippen molar-refractivity contribution in [2.45, 2.75) is 6.92 Å². The standard InChI is InChI=1S/C26H21ClN4O4/c1-2-35-22-10-6-5-9-21(22)29-26(34)18-13-15-7-3-4-8-17(15)23(24(18)32)31-30-20-12-11-16(25(28)33)14-19(20)27/h3-14,32H,2H2,1H3,(H2,28,33)(H,29,34). The van der Waals surface area contributed by atoms with Crippen molar-refractivity contribution in [3.05, 3.63) is 88.9 Å². The van der Waals surface area contributed by atoms with E-state index in [1.807, 2.05) is 13.0 Å². The van der Waals surface area contributed by atoms with E-state index < -0.39 is 11.8 Å². The highest BCUT2D eigenvalue weighted by atomic mass is 35.5.